The number of carbonyl (C=O) groups excluding carboxylic acids is 4. The van der Waals surface area contributed by atoms with E-state index in [-0.39, 0.29) is 10.4 Å². The van der Waals surface area contributed by atoms with Crippen LogP contribution in [0.15, 0.2) is 23.6 Å². The lowest BCUT2D eigenvalue weighted by Crippen LogP contribution is -2.09. The standard InChI is InChI=1S/C20H16O8S3/c1-25-17(21)11-6-5-10(30-11)12-13(18(22)26-2)16(20(24)28-4)31-14(12)9-7-8-29-15(9)19(23)27-3/h5-8H,1-4H3. The maximum atomic E-state index is 12.7. The van der Waals surface area contributed by atoms with Crippen molar-refractivity contribution in [3.63, 3.8) is 0 Å². The van der Waals surface area contributed by atoms with Gasteiger partial charge in [-0.3, -0.25) is 0 Å². The minimum absolute atomic E-state index is 0.00497. The van der Waals surface area contributed by atoms with E-state index in [2.05, 4.69) is 0 Å². The maximum absolute atomic E-state index is 12.7. The lowest BCUT2D eigenvalue weighted by Gasteiger charge is -2.06. The highest BCUT2D eigenvalue weighted by Crippen LogP contribution is 2.47. The first-order valence-electron chi connectivity index (χ1n) is 8.56. The summed E-state index contributed by atoms with van der Waals surface area (Å²) in [6, 6.07) is 4.89. The van der Waals surface area contributed by atoms with Gasteiger partial charge in [0, 0.05) is 20.9 Å². The molecule has 8 nitrogen and oxygen atoms in total. The Morgan fingerprint density at radius 1 is 0.710 bits per heavy atom. The topological polar surface area (TPSA) is 105 Å². The molecule has 11 heteroatoms. The van der Waals surface area contributed by atoms with E-state index < -0.39 is 23.9 Å². The molecule has 0 radical (unpaired) electrons. The van der Waals surface area contributed by atoms with Gasteiger partial charge in [-0.1, -0.05) is 0 Å². The number of carbonyl (C=O) groups is 4. The van der Waals surface area contributed by atoms with E-state index >= 15 is 0 Å². The largest absolute Gasteiger partial charge is 0.465 e. The van der Waals surface area contributed by atoms with E-state index in [1.54, 1.807) is 23.6 Å². The van der Waals surface area contributed by atoms with Crippen LogP contribution in [0.3, 0.4) is 0 Å². The van der Waals surface area contributed by atoms with Crippen molar-refractivity contribution < 1.29 is 38.1 Å². The monoisotopic (exact) mass is 480 g/mol. The third-order valence-corrected chi connectivity index (χ3v) is 7.37. The van der Waals surface area contributed by atoms with Crippen LogP contribution in [0, 0.1) is 0 Å². The van der Waals surface area contributed by atoms with Gasteiger partial charge in [0.15, 0.2) is 0 Å². The van der Waals surface area contributed by atoms with Crippen molar-refractivity contribution in [3.05, 3.63) is 43.8 Å². The van der Waals surface area contributed by atoms with Crippen LogP contribution in [-0.2, 0) is 18.9 Å². The van der Waals surface area contributed by atoms with Gasteiger partial charge in [-0.25, -0.2) is 19.2 Å². The number of thiophene rings is 3. The first kappa shape index (κ1) is 22.7. The van der Waals surface area contributed by atoms with Gasteiger partial charge in [0.05, 0.1) is 34.0 Å². The molecular formula is C20H16O8S3. The summed E-state index contributed by atoms with van der Waals surface area (Å²) in [4.78, 5) is 51.0. The van der Waals surface area contributed by atoms with Gasteiger partial charge in [0.2, 0.25) is 0 Å². The molecule has 0 aliphatic rings. The van der Waals surface area contributed by atoms with E-state index in [4.69, 9.17) is 18.9 Å². The van der Waals surface area contributed by atoms with Crippen LogP contribution >= 0.6 is 34.0 Å². The van der Waals surface area contributed by atoms with Crippen molar-refractivity contribution in [1.82, 2.24) is 0 Å². The summed E-state index contributed by atoms with van der Waals surface area (Å²) in [5.74, 6) is -2.56. The molecule has 0 saturated carbocycles. The van der Waals surface area contributed by atoms with Gasteiger partial charge in [-0.05, 0) is 23.6 Å². The lowest BCUT2D eigenvalue weighted by molar-refractivity contribution is 0.0561. The number of ether oxygens (including phenoxy) is 4. The highest BCUT2D eigenvalue weighted by molar-refractivity contribution is 7.21. The van der Waals surface area contributed by atoms with Gasteiger partial charge in [-0.2, -0.15) is 0 Å². The smallest absolute Gasteiger partial charge is 0.348 e. The Bertz CT molecular complexity index is 1170. The molecule has 0 aliphatic heterocycles. The second-order valence-corrected chi connectivity index (χ2v) is 8.82. The first-order chi connectivity index (χ1) is 14.9. The minimum atomic E-state index is -0.749. The fourth-order valence-electron chi connectivity index (χ4n) is 2.81. The average Bonchev–Trinajstić information content (AvgIpc) is 3.53. The quantitative estimate of drug-likeness (QED) is 0.379. The summed E-state index contributed by atoms with van der Waals surface area (Å²) < 4.78 is 19.4. The molecule has 0 aliphatic carbocycles. The second kappa shape index (κ2) is 9.41. The number of rotatable bonds is 6. The molecule has 0 saturated heterocycles. The summed E-state index contributed by atoms with van der Waals surface area (Å²) in [6.07, 6.45) is 0. The van der Waals surface area contributed by atoms with Crippen molar-refractivity contribution in [2.75, 3.05) is 28.4 Å². The highest BCUT2D eigenvalue weighted by Gasteiger charge is 2.33. The predicted octanol–water partition coefficient (Wildman–Crippen LogP) is 4.35. The van der Waals surface area contributed by atoms with Crippen molar-refractivity contribution in [1.29, 1.82) is 0 Å². The zero-order valence-corrected chi connectivity index (χ0v) is 19.2. The Labute approximate surface area is 188 Å². The van der Waals surface area contributed by atoms with E-state index in [1.807, 2.05) is 0 Å². The Balaban J connectivity index is 2.37. The van der Waals surface area contributed by atoms with Crippen molar-refractivity contribution in [2.45, 2.75) is 0 Å². The average molecular weight is 481 g/mol. The summed E-state index contributed by atoms with van der Waals surface area (Å²) in [6.45, 7) is 0. The van der Waals surface area contributed by atoms with Gasteiger partial charge < -0.3 is 18.9 Å². The lowest BCUT2D eigenvalue weighted by atomic mass is 10.0. The summed E-state index contributed by atoms with van der Waals surface area (Å²) in [5, 5.41) is 1.70. The van der Waals surface area contributed by atoms with Crippen LogP contribution in [-0.4, -0.2) is 52.3 Å². The minimum Gasteiger partial charge on any atom is -0.465 e. The van der Waals surface area contributed by atoms with Gasteiger partial charge in [0.1, 0.15) is 14.6 Å². The molecule has 0 bridgehead atoms. The molecule has 0 atom stereocenters. The highest BCUT2D eigenvalue weighted by atomic mass is 32.1. The molecule has 31 heavy (non-hydrogen) atoms. The third-order valence-electron chi connectivity index (χ3n) is 4.19. The fourth-order valence-corrected chi connectivity index (χ4v) is 5.99. The van der Waals surface area contributed by atoms with E-state index in [0.717, 1.165) is 22.7 Å². The van der Waals surface area contributed by atoms with Crippen LogP contribution in [0.1, 0.15) is 39.4 Å². The molecule has 0 N–H and O–H groups in total. The number of methoxy groups -OCH3 is 4. The van der Waals surface area contributed by atoms with Crippen LogP contribution in [0.5, 0.6) is 0 Å². The molecule has 0 fully saturated rings. The second-order valence-electron chi connectivity index (χ2n) is 5.80. The molecule has 3 aromatic rings. The van der Waals surface area contributed by atoms with E-state index in [0.29, 0.717) is 30.6 Å². The zero-order valence-electron chi connectivity index (χ0n) is 16.8. The predicted molar refractivity (Wildman–Crippen MR) is 116 cm³/mol. The molecule has 0 spiro atoms. The van der Waals surface area contributed by atoms with Gasteiger partial charge >= 0.3 is 23.9 Å². The Morgan fingerprint density at radius 3 is 1.94 bits per heavy atom. The molecule has 162 valence electrons. The zero-order chi connectivity index (χ0) is 22.7. The van der Waals surface area contributed by atoms with E-state index in [1.165, 1.54) is 39.8 Å². The number of hydrogen-bond donors (Lipinski definition) is 0. The SMILES string of the molecule is COC(=O)c1ccc(-c2c(-c3ccsc3C(=O)OC)sc(C(=O)OC)c2C(=O)OC)s1. The number of esters is 4. The molecule has 3 rings (SSSR count). The van der Waals surface area contributed by atoms with Crippen LogP contribution in [0.25, 0.3) is 20.9 Å². The maximum Gasteiger partial charge on any atom is 0.348 e. The summed E-state index contributed by atoms with van der Waals surface area (Å²) in [5.41, 5.74) is 0.848. The van der Waals surface area contributed by atoms with Crippen molar-refractivity contribution in [2.24, 2.45) is 0 Å². The van der Waals surface area contributed by atoms with Crippen LogP contribution in [0.2, 0.25) is 0 Å². The molecular weight excluding hydrogens is 464 g/mol. The Kier molecular flexibility index (Phi) is 6.88. The van der Waals surface area contributed by atoms with Crippen LogP contribution < -0.4 is 0 Å². The van der Waals surface area contributed by atoms with Crippen molar-refractivity contribution >= 4 is 57.9 Å². The molecule has 3 aromatic heterocycles. The summed E-state index contributed by atoms with van der Waals surface area (Å²) >= 11 is 3.25. The summed E-state index contributed by atoms with van der Waals surface area (Å²) in [7, 11) is 4.93. The Morgan fingerprint density at radius 2 is 1.32 bits per heavy atom. The van der Waals surface area contributed by atoms with Gasteiger partial charge in [0.25, 0.3) is 0 Å². The van der Waals surface area contributed by atoms with Gasteiger partial charge in [-0.15, -0.1) is 34.0 Å². The molecule has 0 unspecified atom stereocenters. The Hall–Kier alpha value is -3.02. The van der Waals surface area contributed by atoms with Crippen molar-refractivity contribution in [3.8, 4) is 20.9 Å². The first-order valence-corrected chi connectivity index (χ1v) is 11.1. The third kappa shape index (κ3) is 4.11. The molecule has 0 aromatic carbocycles. The normalized spacial score (nSPS) is 10.5. The fraction of sp³-hybridized carbons (Fsp3) is 0.200. The molecule has 3 heterocycles. The number of hydrogen-bond acceptors (Lipinski definition) is 11. The molecule has 0 amide bonds. The van der Waals surface area contributed by atoms with Crippen LogP contribution in [0.4, 0.5) is 0 Å². The van der Waals surface area contributed by atoms with E-state index in [9.17, 15) is 19.2 Å².